The lowest BCUT2D eigenvalue weighted by Crippen LogP contribution is -2.25. The van der Waals surface area contributed by atoms with Gasteiger partial charge in [-0.05, 0) is 42.8 Å². The van der Waals surface area contributed by atoms with Crippen LogP contribution in [0.15, 0.2) is 47.1 Å². The van der Waals surface area contributed by atoms with Crippen molar-refractivity contribution >= 4 is 29.4 Å². The number of nitrogens with zero attached hydrogens (tertiary/aromatic N) is 2. The quantitative estimate of drug-likeness (QED) is 0.513. The third kappa shape index (κ3) is 5.23. The van der Waals surface area contributed by atoms with Gasteiger partial charge < -0.3 is 14.8 Å². The van der Waals surface area contributed by atoms with Gasteiger partial charge in [0.05, 0.1) is 5.69 Å². The Bertz CT molecular complexity index is 1090. The van der Waals surface area contributed by atoms with Crippen molar-refractivity contribution in [1.29, 1.82) is 0 Å². The molecular formula is C21H17F4N3O4. The summed E-state index contributed by atoms with van der Waals surface area (Å²) in [5, 5.41) is 2.26. The third-order valence-electron chi connectivity index (χ3n) is 4.34. The fraction of sp³-hybridized carbons (Fsp3) is 0.190. The number of alkyl halides is 2. The van der Waals surface area contributed by atoms with Crippen LogP contribution in [0.1, 0.15) is 12.5 Å². The number of hydrogen-bond donors (Lipinski definition) is 1. The van der Waals surface area contributed by atoms with Gasteiger partial charge in [0.2, 0.25) is 0 Å². The highest BCUT2D eigenvalue weighted by molar-refractivity contribution is 6.13. The van der Waals surface area contributed by atoms with Crippen LogP contribution in [0, 0.1) is 11.6 Å². The molecule has 1 aliphatic heterocycles. The minimum Gasteiger partial charge on any atom is -0.478 e. The van der Waals surface area contributed by atoms with Crippen LogP contribution in [0.4, 0.5) is 23.2 Å². The van der Waals surface area contributed by atoms with E-state index < -0.39 is 42.4 Å². The van der Waals surface area contributed by atoms with E-state index in [1.807, 2.05) is 0 Å². The number of carbonyl (C=O) groups excluding carboxylic acids is 2. The molecule has 168 valence electrons. The van der Waals surface area contributed by atoms with Gasteiger partial charge >= 0.3 is 6.61 Å². The summed E-state index contributed by atoms with van der Waals surface area (Å²) in [6, 6.07) is 7.27. The maximum atomic E-state index is 14.4. The summed E-state index contributed by atoms with van der Waals surface area (Å²) < 4.78 is 62.8. The molecule has 11 heteroatoms. The van der Waals surface area contributed by atoms with Crippen molar-refractivity contribution in [3.63, 3.8) is 0 Å². The van der Waals surface area contributed by atoms with E-state index in [0.29, 0.717) is 5.84 Å². The molecule has 1 aliphatic rings. The van der Waals surface area contributed by atoms with Crippen molar-refractivity contribution in [3.8, 4) is 11.5 Å². The zero-order valence-corrected chi connectivity index (χ0v) is 16.9. The Morgan fingerprint density at radius 3 is 2.47 bits per heavy atom. The van der Waals surface area contributed by atoms with E-state index in [9.17, 15) is 27.2 Å². The van der Waals surface area contributed by atoms with Crippen molar-refractivity contribution in [2.24, 2.45) is 4.99 Å². The zero-order valence-electron chi connectivity index (χ0n) is 16.9. The number of para-hydroxylation sites is 2. The molecule has 1 N–H and O–H groups in total. The number of benzene rings is 2. The Morgan fingerprint density at radius 2 is 1.88 bits per heavy atom. The van der Waals surface area contributed by atoms with Gasteiger partial charge in [0, 0.05) is 7.05 Å². The lowest BCUT2D eigenvalue weighted by molar-refractivity contribution is -0.121. The van der Waals surface area contributed by atoms with Gasteiger partial charge in [0.15, 0.2) is 24.0 Å². The summed E-state index contributed by atoms with van der Waals surface area (Å²) in [4.78, 5) is 29.4. The molecule has 0 atom stereocenters. The molecule has 3 rings (SSSR count). The van der Waals surface area contributed by atoms with Gasteiger partial charge in [-0.2, -0.15) is 8.78 Å². The molecule has 0 saturated carbocycles. The first-order valence-electron chi connectivity index (χ1n) is 9.16. The molecule has 32 heavy (non-hydrogen) atoms. The Labute approximate surface area is 179 Å². The van der Waals surface area contributed by atoms with Crippen LogP contribution in [0.25, 0.3) is 6.08 Å². The molecule has 0 radical (unpaired) electrons. The summed E-state index contributed by atoms with van der Waals surface area (Å²) in [5.41, 5.74) is -0.0158. The summed E-state index contributed by atoms with van der Waals surface area (Å²) in [6.07, 6.45) is 1.22. The Hall–Kier alpha value is -3.89. The lowest BCUT2D eigenvalue weighted by Gasteiger charge is -2.13. The second-order valence-corrected chi connectivity index (χ2v) is 6.58. The topological polar surface area (TPSA) is 80.2 Å². The van der Waals surface area contributed by atoms with Crippen molar-refractivity contribution in [1.82, 2.24) is 4.90 Å². The maximum absolute atomic E-state index is 14.4. The summed E-state index contributed by atoms with van der Waals surface area (Å²) in [5.74, 6) is -4.14. The van der Waals surface area contributed by atoms with Gasteiger partial charge in [-0.1, -0.05) is 12.1 Å². The van der Waals surface area contributed by atoms with E-state index in [1.165, 1.54) is 42.3 Å². The van der Waals surface area contributed by atoms with E-state index >= 15 is 0 Å². The molecule has 2 amide bonds. The summed E-state index contributed by atoms with van der Waals surface area (Å²) in [6.45, 7) is -2.29. The first-order valence-corrected chi connectivity index (χ1v) is 9.16. The largest absolute Gasteiger partial charge is 0.478 e. The highest BCUT2D eigenvalue weighted by Gasteiger charge is 2.24. The highest BCUT2D eigenvalue weighted by atomic mass is 19.3. The number of rotatable bonds is 7. The van der Waals surface area contributed by atoms with E-state index in [2.05, 4.69) is 15.0 Å². The minimum atomic E-state index is -3.10. The molecule has 0 aliphatic carbocycles. The lowest BCUT2D eigenvalue weighted by atomic mass is 10.1. The number of hydrogen-bond acceptors (Lipinski definition) is 5. The summed E-state index contributed by atoms with van der Waals surface area (Å²) in [7, 11) is 1.52. The average molecular weight is 451 g/mol. The van der Waals surface area contributed by atoms with E-state index in [1.54, 1.807) is 6.92 Å². The number of anilines is 1. The number of halogens is 4. The normalized spacial score (nSPS) is 14.7. The van der Waals surface area contributed by atoms with Gasteiger partial charge in [0.1, 0.15) is 17.3 Å². The van der Waals surface area contributed by atoms with E-state index in [-0.39, 0.29) is 22.7 Å². The maximum Gasteiger partial charge on any atom is 0.387 e. The first kappa shape index (κ1) is 22.8. The van der Waals surface area contributed by atoms with Gasteiger partial charge in [-0.3, -0.25) is 14.5 Å². The monoisotopic (exact) mass is 451 g/mol. The van der Waals surface area contributed by atoms with Crippen LogP contribution < -0.4 is 14.8 Å². The van der Waals surface area contributed by atoms with Crippen LogP contribution in [-0.4, -0.2) is 42.8 Å². The molecule has 0 fully saturated rings. The molecular weight excluding hydrogens is 434 g/mol. The smallest absolute Gasteiger partial charge is 0.387 e. The van der Waals surface area contributed by atoms with Crippen molar-refractivity contribution in [2.75, 3.05) is 19.0 Å². The standard InChI is InChI=1S/C21H17F4N3O4/c1-11-26-16(20(30)28(11)2)9-12-7-13(22)19(14(23)8-12)31-10-18(29)27-15-5-3-4-6-17(15)32-21(24)25/h3-9,21H,10H2,1-2H3,(H,27,29)/b16-9+. The van der Waals surface area contributed by atoms with Crippen molar-refractivity contribution in [2.45, 2.75) is 13.5 Å². The number of carbonyl (C=O) groups is 2. The number of aliphatic imine (C=N–C) groups is 1. The van der Waals surface area contributed by atoms with E-state index in [4.69, 9.17) is 4.74 Å². The van der Waals surface area contributed by atoms with Crippen LogP contribution in [0.5, 0.6) is 11.5 Å². The zero-order chi connectivity index (χ0) is 23.4. The van der Waals surface area contributed by atoms with Crippen LogP contribution in [0.2, 0.25) is 0 Å². The predicted molar refractivity (Wildman–Crippen MR) is 107 cm³/mol. The first-order chi connectivity index (χ1) is 15.2. The molecule has 0 unspecified atom stereocenters. The number of likely N-dealkylation sites (N-methyl/N-ethyl adjacent to an activating group) is 1. The predicted octanol–water partition coefficient (Wildman–Crippen LogP) is 3.82. The second kappa shape index (κ2) is 9.50. The van der Waals surface area contributed by atoms with Gasteiger partial charge in [0.25, 0.3) is 11.8 Å². The van der Waals surface area contributed by atoms with Crippen LogP contribution in [-0.2, 0) is 9.59 Å². The molecule has 0 saturated heterocycles. The highest BCUT2D eigenvalue weighted by Crippen LogP contribution is 2.27. The molecule has 2 aromatic rings. The third-order valence-corrected chi connectivity index (χ3v) is 4.34. The second-order valence-electron chi connectivity index (χ2n) is 6.58. The van der Waals surface area contributed by atoms with Gasteiger partial charge in [-0.15, -0.1) is 0 Å². The molecule has 7 nitrogen and oxygen atoms in total. The van der Waals surface area contributed by atoms with Crippen LogP contribution >= 0.6 is 0 Å². The number of amides is 2. The molecule has 0 aromatic heterocycles. The molecule has 1 heterocycles. The fourth-order valence-corrected chi connectivity index (χ4v) is 2.76. The van der Waals surface area contributed by atoms with Crippen LogP contribution in [0.3, 0.4) is 0 Å². The molecule has 0 bridgehead atoms. The summed E-state index contributed by atoms with van der Waals surface area (Å²) >= 11 is 0. The fourth-order valence-electron chi connectivity index (χ4n) is 2.76. The minimum absolute atomic E-state index is 0.0153. The Balaban J connectivity index is 1.69. The average Bonchev–Trinajstić information content (AvgIpc) is 2.95. The number of nitrogens with one attached hydrogen (secondary N) is 1. The van der Waals surface area contributed by atoms with Crippen molar-refractivity contribution < 1.29 is 36.6 Å². The van der Waals surface area contributed by atoms with Gasteiger partial charge in [-0.25, -0.2) is 13.8 Å². The number of amidine groups is 1. The Morgan fingerprint density at radius 1 is 1.22 bits per heavy atom. The molecule has 2 aromatic carbocycles. The molecule has 0 spiro atoms. The van der Waals surface area contributed by atoms with E-state index in [0.717, 1.165) is 12.1 Å². The SMILES string of the molecule is CC1=N/C(=C/c2cc(F)c(OCC(=O)Nc3ccccc3OC(F)F)c(F)c2)C(=O)N1C. The number of ether oxygens (including phenoxy) is 2. The Kier molecular flexibility index (Phi) is 6.76. The van der Waals surface area contributed by atoms with Crippen molar-refractivity contribution in [3.05, 3.63) is 59.3 Å².